The van der Waals surface area contributed by atoms with Crippen molar-refractivity contribution in [3.05, 3.63) is 212 Å². The molecule has 240 valence electrons. The van der Waals surface area contributed by atoms with Crippen molar-refractivity contribution in [1.29, 1.82) is 0 Å². The quantitative estimate of drug-likeness (QED) is 0.155. The van der Waals surface area contributed by atoms with E-state index in [4.69, 9.17) is 0 Å². The monoisotopic (exact) mass is 649 g/mol. The van der Waals surface area contributed by atoms with E-state index in [-0.39, 0.29) is 0 Å². The molecule has 0 N–H and O–H groups in total. The molecule has 0 aliphatic rings. The van der Waals surface area contributed by atoms with Crippen LogP contribution in [0, 0.1) is 0 Å². The third kappa shape index (κ3) is 5.56. The third-order valence-corrected chi connectivity index (χ3v) is 9.83. The maximum atomic E-state index is 2.47. The molecular formula is C50H35N. The van der Waals surface area contributed by atoms with Gasteiger partial charge in [0.25, 0.3) is 0 Å². The highest BCUT2D eigenvalue weighted by Gasteiger charge is 2.24. The van der Waals surface area contributed by atoms with Gasteiger partial charge in [-0.25, -0.2) is 0 Å². The van der Waals surface area contributed by atoms with Crippen LogP contribution in [0.4, 0.5) is 17.1 Å². The maximum Gasteiger partial charge on any atom is 0.0546 e. The first-order chi connectivity index (χ1) is 25.3. The van der Waals surface area contributed by atoms with Gasteiger partial charge >= 0.3 is 0 Å². The minimum Gasteiger partial charge on any atom is -0.309 e. The summed E-state index contributed by atoms with van der Waals surface area (Å²) in [6, 6.07) is 76.6. The van der Waals surface area contributed by atoms with Crippen LogP contribution in [0.5, 0.6) is 0 Å². The Morgan fingerprint density at radius 1 is 0.275 bits per heavy atom. The molecule has 0 saturated carbocycles. The summed E-state index contributed by atoms with van der Waals surface area (Å²) in [5.74, 6) is 0. The molecule has 0 fully saturated rings. The molecular weight excluding hydrogens is 615 g/mol. The lowest BCUT2D eigenvalue weighted by Crippen LogP contribution is -2.12. The SMILES string of the molecule is c1ccc(-c2cccc(N(c3ccccc3-c3ccccc3)c3cccc4c(-c5ccccc5)c(-c5ccccc5)c5ccccc5c34)c2)cc1. The number of benzene rings is 9. The minimum atomic E-state index is 1.10. The average molecular weight is 650 g/mol. The van der Waals surface area contributed by atoms with Crippen molar-refractivity contribution < 1.29 is 0 Å². The van der Waals surface area contributed by atoms with Gasteiger partial charge < -0.3 is 4.90 Å². The Balaban J connectivity index is 1.42. The molecule has 1 heteroatoms. The molecule has 0 aliphatic heterocycles. The number of rotatable bonds is 7. The van der Waals surface area contributed by atoms with Gasteiger partial charge in [-0.15, -0.1) is 0 Å². The van der Waals surface area contributed by atoms with E-state index in [0.29, 0.717) is 0 Å². The fourth-order valence-corrected chi connectivity index (χ4v) is 7.61. The van der Waals surface area contributed by atoms with E-state index in [0.717, 1.165) is 17.1 Å². The molecule has 0 radical (unpaired) electrons. The van der Waals surface area contributed by atoms with Crippen LogP contribution in [0.1, 0.15) is 0 Å². The van der Waals surface area contributed by atoms with E-state index >= 15 is 0 Å². The zero-order valence-electron chi connectivity index (χ0n) is 28.2. The summed E-state index contributed by atoms with van der Waals surface area (Å²) >= 11 is 0. The Labute approximate surface area is 299 Å². The van der Waals surface area contributed by atoms with Gasteiger partial charge in [0, 0.05) is 16.6 Å². The number of hydrogen-bond acceptors (Lipinski definition) is 1. The molecule has 1 nitrogen and oxygen atoms in total. The standard InChI is InChI=1S/C50H35N/c1-5-19-36(20-6-1)40-27-17-28-41(35-40)51(46-33-16-15-29-42(46)37-21-7-2-8-22-37)47-34-18-32-45-49(39-25-11-4-12-26-39)48(38-23-9-3-10-24-38)43-30-13-14-31-44(43)50(45)47/h1-35H. The molecule has 9 aromatic rings. The van der Waals surface area contributed by atoms with E-state index in [2.05, 4.69) is 217 Å². The van der Waals surface area contributed by atoms with Gasteiger partial charge in [0.1, 0.15) is 0 Å². The fourth-order valence-electron chi connectivity index (χ4n) is 7.61. The summed E-state index contributed by atoms with van der Waals surface area (Å²) in [6.45, 7) is 0. The predicted molar refractivity (Wildman–Crippen MR) is 218 cm³/mol. The van der Waals surface area contributed by atoms with Crippen LogP contribution in [0.15, 0.2) is 212 Å². The van der Waals surface area contributed by atoms with Crippen LogP contribution >= 0.6 is 0 Å². The molecule has 0 amide bonds. The zero-order valence-corrected chi connectivity index (χ0v) is 28.2. The van der Waals surface area contributed by atoms with Gasteiger partial charge in [-0.05, 0) is 79.4 Å². The normalized spacial score (nSPS) is 11.1. The fraction of sp³-hybridized carbons (Fsp3) is 0. The highest BCUT2D eigenvalue weighted by molar-refractivity contribution is 6.25. The lowest BCUT2D eigenvalue weighted by atomic mass is 9.84. The number of anilines is 3. The van der Waals surface area contributed by atoms with Crippen molar-refractivity contribution in [2.45, 2.75) is 0 Å². The largest absolute Gasteiger partial charge is 0.309 e. The number of hydrogen-bond donors (Lipinski definition) is 0. The Morgan fingerprint density at radius 2 is 0.725 bits per heavy atom. The maximum absolute atomic E-state index is 2.47. The second-order valence-corrected chi connectivity index (χ2v) is 12.9. The molecule has 9 rings (SSSR count). The highest BCUT2D eigenvalue weighted by atomic mass is 15.1. The molecule has 51 heavy (non-hydrogen) atoms. The molecule has 0 atom stereocenters. The first kappa shape index (κ1) is 30.4. The molecule has 9 aromatic carbocycles. The van der Waals surface area contributed by atoms with Gasteiger partial charge in [0.2, 0.25) is 0 Å². The molecule has 0 aliphatic carbocycles. The Morgan fingerprint density at radius 3 is 1.39 bits per heavy atom. The van der Waals surface area contributed by atoms with Crippen molar-refractivity contribution in [3.8, 4) is 44.5 Å². The van der Waals surface area contributed by atoms with E-state index < -0.39 is 0 Å². The average Bonchev–Trinajstić information content (AvgIpc) is 3.22. The van der Waals surface area contributed by atoms with Crippen molar-refractivity contribution in [2.24, 2.45) is 0 Å². The van der Waals surface area contributed by atoms with Crippen LogP contribution in [0.2, 0.25) is 0 Å². The van der Waals surface area contributed by atoms with Gasteiger partial charge in [-0.2, -0.15) is 0 Å². The van der Waals surface area contributed by atoms with Crippen molar-refractivity contribution >= 4 is 38.6 Å². The predicted octanol–water partition coefficient (Wildman–Crippen LogP) is 14.1. The Hall–Kier alpha value is -6.70. The van der Waals surface area contributed by atoms with Crippen molar-refractivity contribution in [3.63, 3.8) is 0 Å². The highest BCUT2D eigenvalue weighted by Crippen LogP contribution is 2.50. The number of fused-ring (bicyclic) bond motifs is 3. The first-order valence-electron chi connectivity index (χ1n) is 17.5. The van der Waals surface area contributed by atoms with E-state index in [9.17, 15) is 0 Å². The summed E-state index contributed by atoms with van der Waals surface area (Å²) in [6.07, 6.45) is 0. The summed E-state index contributed by atoms with van der Waals surface area (Å²) in [5.41, 5.74) is 13.0. The molecule has 0 heterocycles. The number of nitrogens with zero attached hydrogens (tertiary/aromatic N) is 1. The summed E-state index contributed by atoms with van der Waals surface area (Å²) in [5, 5.41) is 4.90. The summed E-state index contributed by atoms with van der Waals surface area (Å²) in [7, 11) is 0. The van der Waals surface area contributed by atoms with E-state index in [1.807, 2.05) is 0 Å². The van der Waals surface area contributed by atoms with E-state index in [1.165, 1.54) is 66.1 Å². The topological polar surface area (TPSA) is 3.24 Å². The smallest absolute Gasteiger partial charge is 0.0546 e. The third-order valence-electron chi connectivity index (χ3n) is 9.83. The van der Waals surface area contributed by atoms with Gasteiger partial charge in [-0.3, -0.25) is 0 Å². The second kappa shape index (κ2) is 13.3. The van der Waals surface area contributed by atoms with Gasteiger partial charge in [0.15, 0.2) is 0 Å². The van der Waals surface area contributed by atoms with Crippen LogP contribution < -0.4 is 4.90 Å². The molecule has 0 unspecified atom stereocenters. The van der Waals surface area contributed by atoms with Crippen LogP contribution in [-0.4, -0.2) is 0 Å². The summed E-state index contributed by atoms with van der Waals surface area (Å²) in [4.78, 5) is 2.47. The molecule has 0 spiro atoms. The molecule has 0 aromatic heterocycles. The second-order valence-electron chi connectivity index (χ2n) is 12.9. The Kier molecular flexibility index (Phi) is 7.92. The van der Waals surface area contributed by atoms with E-state index in [1.54, 1.807) is 0 Å². The van der Waals surface area contributed by atoms with Crippen molar-refractivity contribution in [1.82, 2.24) is 0 Å². The van der Waals surface area contributed by atoms with Crippen LogP contribution in [0.25, 0.3) is 66.1 Å². The lowest BCUT2D eigenvalue weighted by molar-refractivity contribution is 1.30. The lowest BCUT2D eigenvalue weighted by Gasteiger charge is -2.30. The molecule has 0 bridgehead atoms. The Bertz CT molecular complexity index is 2610. The first-order valence-corrected chi connectivity index (χ1v) is 17.5. The zero-order chi connectivity index (χ0) is 34.0. The van der Waals surface area contributed by atoms with Crippen LogP contribution in [-0.2, 0) is 0 Å². The summed E-state index contributed by atoms with van der Waals surface area (Å²) < 4.78 is 0. The minimum absolute atomic E-state index is 1.10. The van der Waals surface area contributed by atoms with Crippen molar-refractivity contribution in [2.75, 3.05) is 4.90 Å². The molecule has 0 saturated heterocycles. The van der Waals surface area contributed by atoms with Crippen LogP contribution in [0.3, 0.4) is 0 Å². The van der Waals surface area contributed by atoms with Gasteiger partial charge in [-0.1, -0.05) is 188 Å². The van der Waals surface area contributed by atoms with Gasteiger partial charge in [0.05, 0.1) is 11.4 Å². The number of para-hydroxylation sites is 1.